The number of carboxylic acids is 1. The molecule has 0 aromatic heterocycles. The highest BCUT2D eigenvalue weighted by atomic mass is 16.4. The quantitative estimate of drug-likeness (QED) is 0.401. The first-order valence-corrected chi connectivity index (χ1v) is 8.15. The number of nitrogens with two attached hydrogens (primary N) is 1. The van der Waals surface area contributed by atoms with Gasteiger partial charge in [-0.3, -0.25) is 5.41 Å². The molecule has 3 aromatic carbocycles. The fraction of sp³-hybridized carbons (Fsp3) is 0.0476. The number of carbonyl (C=O) groups is 1. The Morgan fingerprint density at radius 2 is 1.54 bits per heavy atom. The lowest BCUT2D eigenvalue weighted by atomic mass is 9.95. The largest absolute Gasteiger partial charge is 0.478 e. The number of rotatable bonds is 6. The van der Waals surface area contributed by atoms with Gasteiger partial charge in [0.25, 0.3) is 0 Å². The SMILES string of the molecule is N=C(N)c1ccc(NCc2ccccc2-c2ccccc2C(=O)O)cc1. The molecule has 130 valence electrons. The second-order valence-electron chi connectivity index (χ2n) is 5.85. The van der Waals surface area contributed by atoms with Crippen LogP contribution in [0.15, 0.2) is 72.8 Å². The van der Waals surface area contributed by atoms with Crippen LogP contribution in [0.5, 0.6) is 0 Å². The molecule has 0 saturated carbocycles. The van der Waals surface area contributed by atoms with E-state index >= 15 is 0 Å². The molecule has 0 atom stereocenters. The van der Waals surface area contributed by atoms with Gasteiger partial charge in [0.15, 0.2) is 0 Å². The van der Waals surface area contributed by atoms with Crippen LogP contribution in [0.1, 0.15) is 21.5 Å². The van der Waals surface area contributed by atoms with Gasteiger partial charge in [0.05, 0.1) is 5.56 Å². The predicted octanol–water partition coefficient (Wildman–Crippen LogP) is 3.95. The van der Waals surface area contributed by atoms with E-state index in [0.717, 1.165) is 16.8 Å². The van der Waals surface area contributed by atoms with Crippen LogP contribution in [0.4, 0.5) is 5.69 Å². The highest BCUT2D eigenvalue weighted by Crippen LogP contribution is 2.28. The monoisotopic (exact) mass is 345 g/mol. The summed E-state index contributed by atoms with van der Waals surface area (Å²) in [7, 11) is 0. The molecule has 5 nitrogen and oxygen atoms in total. The van der Waals surface area contributed by atoms with Gasteiger partial charge < -0.3 is 16.2 Å². The number of amidine groups is 1. The summed E-state index contributed by atoms with van der Waals surface area (Å²) >= 11 is 0. The lowest BCUT2D eigenvalue weighted by molar-refractivity contribution is 0.0697. The van der Waals surface area contributed by atoms with Crippen molar-refractivity contribution in [2.45, 2.75) is 6.54 Å². The van der Waals surface area contributed by atoms with Crippen molar-refractivity contribution in [3.05, 3.63) is 89.5 Å². The molecule has 0 unspecified atom stereocenters. The average molecular weight is 345 g/mol. The number of aromatic carboxylic acids is 1. The maximum atomic E-state index is 11.5. The van der Waals surface area contributed by atoms with Gasteiger partial charge in [0, 0.05) is 17.8 Å². The van der Waals surface area contributed by atoms with Gasteiger partial charge in [0.2, 0.25) is 0 Å². The Hall–Kier alpha value is -3.60. The number of carboxylic acid groups (broad SMARTS) is 1. The van der Waals surface area contributed by atoms with E-state index in [1.807, 2.05) is 48.5 Å². The van der Waals surface area contributed by atoms with E-state index < -0.39 is 5.97 Å². The zero-order valence-corrected chi connectivity index (χ0v) is 14.1. The van der Waals surface area contributed by atoms with Crippen LogP contribution < -0.4 is 11.1 Å². The summed E-state index contributed by atoms with van der Waals surface area (Å²) in [6, 6.07) is 22.1. The van der Waals surface area contributed by atoms with Crippen molar-refractivity contribution in [2.75, 3.05) is 5.32 Å². The lowest BCUT2D eigenvalue weighted by Crippen LogP contribution is -2.10. The van der Waals surface area contributed by atoms with E-state index in [9.17, 15) is 9.90 Å². The molecule has 0 fully saturated rings. The predicted molar refractivity (Wildman–Crippen MR) is 104 cm³/mol. The van der Waals surface area contributed by atoms with Crippen molar-refractivity contribution >= 4 is 17.5 Å². The Labute approximate surface area is 151 Å². The number of nitrogens with one attached hydrogen (secondary N) is 2. The molecule has 0 spiro atoms. The van der Waals surface area contributed by atoms with Crippen LogP contribution in [0, 0.1) is 5.41 Å². The summed E-state index contributed by atoms with van der Waals surface area (Å²) in [5.41, 5.74) is 9.90. The smallest absolute Gasteiger partial charge is 0.336 e. The third-order valence-electron chi connectivity index (χ3n) is 4.14. The van der Waals surface area contributed by atoms with Crippen LogP contribution in [0.25, 0.3) is 11.1 Å². The molecule has 0 aliphatic rings. The van der Waals surface area contributed by atoms with Crippen molar-refractivity contribution in [3.8, 4) is 11.1 Å². The zero-order chi connectivity index (χ0) is 18.5. The van der Waals surface area contributed by atoms with Gasteiger partial charge in [-0.1, -0.05) is 42.5 Å². The molecular formula is C21H19N3O2. The molecule has 5 heteroatoms. The van der Waals surface area contributed by atoms with E-state index in [2.05, 4.69) is 5.32 Å². The average Bonchev–Trinajstić information content (AvgIpc) is 2.67. The molecule has 5 N–H and O–H groups in total. The van der Waals surface area contributed by atoms with Crippen molar-refractivity contribution < 1.29 is 9.90 Å². The van der Waals surface area contributed by atoms with Crippen molar-refractivity contribution in [1.29, 1.82) is 5.41 Å². The molecule has 0 amide bonds. The molecule has 0 heterocycles. The second-order valence-corrected chi connectivity index (χ2v) is 5.85. The fourth-order valence-corrected chi connectivity index (χ4v) is 2.81. The molecule has 0 saturated heterocycles. The number of hydrogen-bond acceptors (Lipinski definition) is 3. The zero-order valence-electron chi connectivity index (χ0n) is 14.1. The molecule has 3 aromatic rings. The molecule has 3 rings (SSSR count). The summed E-state index contributed by atoms with van der Waals surface area (Å²) in [5, 5.41) is 20.2. The summed E-state index contributed by atoms with van der Waals surface area (Å²) < 4.78 is 0. The van der Waals surface area contributed by atoms with Crippen LogP contribution in [-0.4, -0.2) is 16.9 Å². The first-order chi connectivity index (χ1) is 12.6. The Morgan fingerprint density at radius 3 is 2.19 bits per heavy atom. The summed E-state index contributed by atoms with van der Waals surface area (Å²) in [6.07, 6.45) is 0. The summed E-state index contributed by atoms with van der Waals surface area (Å²) in [5.74, 6) is -0.907. The van der Waals surface area contributed by atoms with Crippen LogP contribution in [0.2, 0.25) is 0 Å². The fourth-order valence-electron chi connectivity index (χ4n) is 2.81. The topological polar surface area (TPSA) is 99.2 Å². The van der Waals surface area contributed by atoms with E-state index in [1.54, 1.807) is 24.3 Å². The summed E-state index contributed by atoms with van der Waals surface area (Å²) in [4.78, 5) is 11.5. The van der Waals surface area contributed by atoms with Crippen molar-refractivity contribution in [2.24, 2.45) is 5.73 Å². The highest BCUT2D eigenvalue weighted by molar-refractivity contribution is 5.96. The molecular weight excluding hydrogens is 326 g/mol. The summed E-state index contributed by atoms with van der Waals surface area (Å²) in [6.45, 7) is 0.545. The normalized spacial score (nSPS) is 10.3. The van der Waals surface area contributed by atoms with E-state index in [-0.39, 0.29) is 11.4 Å². The first-order valence-electron chi connectivity index (χ1n) is 8.15. The molecule has 0 aliphatic carbocycles. The van der Waals surface area contributed by atoms with Gasteiger partial charge >= 0.3 is 5.97 Å². The van der Waals surface area contributed by atoms with Gasteiger partial charge in [-0.25, -0.2) is 4.79 Å². The molecule has 26 heavy (non-hydrogen) atoms. The maximum absolute atomic E-state index is 11.5. The minimum absolute atomic E-state index is 0.0344. The van der Waals surface area contributed by atoms with Crippen molar-refractivity contribution in [1.82, 2.24) is 0 Å². The van der Waals surface area contributed by atoms with Crippen molar-refractivity contribution in [3.63, 3.8) is 0 Å². The van der Waals surface area contributed by atoms with Gasteiger partial charge in [-0.15, -0.1) is 0 Å². The van der Waals surface area contributed by atoms with Crippen LogP contribution in [0.3, 0.4) is 0 Å². The van der Waals surface area contributed by atoms with Crippen LogP contribution >= 0.6 is 0 Å². The third-order valence-corrected chi connectivity index (χ3v) is 4.14. The number of anilines is 1. The Morgan fingerprint density at radius 1 is 0.923 bits per heavy atom. The molecule has 0 aliphatic heterocycles. The van der Waals surface area contributed by atoms with E-state index in [4.69, 9.17) is 11.1 Å². The highest BCUT2D eigenvalue weighted by Gasteiger charge is 2.13. The first kappa shape index (κ1) is 17.2. The number of benzene rings is 3. The minimum Gasteiger partial charge on any atom is -0.478 e. The van der Waals surface area contributed by atoms with E-state index in [1.165, 1.54) is 0 Å². The standard InChI is InChI=1S/C21H19N3O2/c22-20(23)14-9-11-16(12-10-14)24-13-15-5-1-2-6-17(15)18-7-3-4-8-19(18)21(25)26/h1-12,24H,13H2,(H3,22,23)(H,25,26). The Bertz CT molecular complexity index is 949. The molecule has 0 bridgehead atoms. The van der Waals surface area contributed by atoms with Gasteiger partial charge in [-0.2, -0.15) is 0 Å². The number of nitrogen functional groups attached to an aromatic ring is 1. The molecule has 0 radical (unpaired) electrons. The third kappa shape index (κ3) is 3.72. The van der Waals surface area contributed by atoms with Crippen LogP contribution in [-0.2, 0) is 6.54 Å². The maximum Gasteiger partial charge on any atom is 0.336 e. The number of hydrogen-bond donors (Lipinski definition) is 4. The van der Waals surface area contributed by atoms with E-state index in [0.29, 0.717) is 17.7 Å². The van der Waals surface area contributed by atoms with Gasteiger partial charge in [-0.05, 0) is 47.0 Å². The minimum atomic E-state index is -0.941. The second kappa shape index (κ2) is 7.53. The van der Waals surface area contributed by atoms with Gasteiger partial charge in [0.1, 0.15) is 5.84 Å². The Kier molecular flexibility index (Phi) is 4.99. The lowest BCUT2D eigenvalue weighted by Gasteiger charge is -2.14. The Balaban J connectivity index is 1.86.